The molecule has 2 heterocycles. The summed E-state index contributed by atoms with van der Waals surface area (Å²) in [5.74, 6) is 0.938. The van der Waals surface area contributed by atoms with Crippen LogP contribution >= 0.6 is 0 Å². The van der Waals surface area contributed by atoms with Crippen molar-refractivity contribution in [3.05, 3.63) is 36.4 Å². The minimum atomic E-state index is -0.182. The van der Waals surface area contributed by atoms with Crippen LogP contribution in [0.5, 0.6) is 0 Å². The lowest BCUT2D eigenvalue weighted by molar-refractivity contribution is 0.196. The second-order valence-corrected chi connectivity index (χ2v) is 4.10. The highest BCUT2D eigenvalue weighted by atomic mass is 16.5. The van der Waals surface area contributed by atoms with E-state index in [1.54, 1.807) is 7.11 Å². The van der Waals surface area contributed by atoms with Gasteiger partial charge in [0.2, 0.25) is 0 Å². The lowest BCUT2D eigenvalue weighted by Gasteiger charge is -2.06. The average Bonchev–Trinajstić information content (AvgIpc) is 2.83. The molecule has 2 rings (SSSR count). The van der Waals surface area contributed by atoms with Crippen LogP contribution in [0.25, 0.3) is 5.52 Å². The third kappa shape index (κ3) is 3.69. The molecule has 2 N–H and O–H groups in total. The van der Waals surface area contributed by atoms with Gasteiger partial charge in [0.1, 0.15) is 5.82 Å². The van der Waals surface area contributed by atoms with E-state index in [4.69, 9.17) is 4.74 Å². The number of pyridine rings is 1. The van der Waals surface area contributed by atoms with E-state index >= 15 is 0 Å². The molecule has 0 fully saturated rings. The number of nitrogens with zero attached hydrogens (tertiary/aromatic N) is 2. The molecular weight excluding hydrogens is 244 g/mol. The molecule has 0 radical (unpaired) electrons. The fourth-order valence-corrected chi connectivity index (χ4v) is 1.80. The van der Waals surface area contributed by atoms with Crippen molar-refractivity contribution in [1.29, 1.82) is 0 Å². The topological polar surface area (TPSA) is 67.7 Å². The van der Waals surface area contributed by atoms with Crippen molar-refractivity contribution in [2.24, 2.45) is 0 Å². The summed E-state index contributed by atoms with van der Waals surface area (Å²) in [6, 6.07) is 5.75. The normalized spacial score (nSPS) is 10.6. The predicted octanol–water partition coefficient (Wildman–Crippen LogP) is 0.822. The number of ether oxygens (including phenoxy) is 1. The average molecular weight is 262 g/mol. The number of methoxy groups -OCH3 is 1. The molecule has 2 aromatic rings. The van der Waals surface area contributed by atoms with E-state index in [1.165, 1.54) is 0 Å². The summed E-state index contributed by atoms with van der Waals surface area (Å²) in [6.45, 7) is 1.57. The fourth-order valence-electron chi connectivity index (χ4n) is 1.80. The first-order chi connectivity index (χ1) is 9.31. The largest absolute Gasteiger partial charge is 0.383 e. The Morgan fingerprint density at radius 3 is 3.05 bits per heavy atom. The van der Waals surface area contributed by atoms with Crippen molar-refractivity contribution >= 4 is 11.5 Å². The van der Waals surface area contributed by atoms with Gasteiger partial charge < -0.3 is 19.8 Å². The number of hydrogen-bond acceptors (Lipinski definition) is 3. The highest BCUT2D eigenvalue weighted by Gasteiger charge is 2.03. The third-order valence-corrected chi connectivity index (χ3v) is 2.74. The molecule has 19 heavy (non-hydrogen) atoms. The molecule has 0 aliphatic heterocycles. The van der Waals surface area contributed by atoms with Gasteiger partial charge in [-0.05, 0) is 12.1 Å². The Morgan fingerprint density at radius 1 is 1.37 bits per heavy atom. The van der Waals surface area contributed by atoms with Gasteiger partial charge in [0.05, 0.1) is 18.3 Å². The minimum Gasteiger partial charge on any atom is -0.383 e. The van der Waals surface area contributed by atoms with Gasteiger partial charge >= 0.3 is 6.03 Å². The second kappa shape index (κ2) is 6.75. The number of nitrogens with one attached hydrogen (secondary N) is 2. The predicted molar refractivity (Wildman–Crippen MR) is 72.2 cm³/mol. The summed E-state index contributed by atoms with van der Waals surface area (Å²) in [6.07, 6.45) is 4.49. The zero-order chi connectivity index (χ0) is 13.5. The summed E-state index contributed by atoms with van der Waals surface area (Å²) in [5.41, 5.74) is 1.06. The van der Waals surface area contributed by atoms with Crippen molar-refractivity contribution in [2.45, 2.75) is 6.42 Å². The molecule has 6 nitrogen and oxygen atoms in total. The van der Waals surface area contributed by atoms with Gasteiger partial charge in [-0.3, -0.25) is 0 Å². The standard InChI is InChI=1S/C13H18N4O2/c1-19-9-7-15-13(18)14-6-5-12-16-10-11-4-2-3-8-17(11)12/h2-4,8,10H,5-7,9H2,1H3,(H2,14,15,18). The van der Waals surface area contributed by atoms with E-state index in [0.29, 0.717) is 26.1 Å². The molecule has 0 spiro atoms. The SMILES string of the molecule is COCCNC(=O)NCCc1ncc2ccccn12. The molecule has 0 aromatic carbocycles. The maximum atomic E-state index is 11.4. The summed E-state index contributed by atoms with van der Waals surface area (Å²) in [5, 5.41) is 5.48. The first-order valence-corrected chi connectivity index (χ1v) is 6.23. The molecule has 0 atom stereocenters. The van der Waals surface area contributed by atoms with Gasteiger partial charge in [-0.15, -0.1) is 0 Å². The maximum absolute atomic E-state index is 11.4. The van der Waals surface area contributed by atoms with E-state index in [-0.39, 0.29) is 6.03 Å². The van der Waals surface area contributed by atoms with Crippen LogP contribution in [0.2, 0.25) is 0 Å². The minimum absolute atomic E-state index is 0.182. The van der Waals surface area contributed by atoms with Crippen LogP contribution in [0.15, 0.2) is 30.6 Å². The van der Waals surface area contributed by atoms with Gasteiger partial charge in [0.15, 0.2) is 0 Å². The van der Waals surface area contributed by atoms with Gasteiger partial charge in [0.25, 0.3) is 0 Å². The van der Waals surface area contributed by atoms with E-state index < -0.39 is 0 Å². The van der Waals surface area contributed by atoms with Crippen LogP contribution in [-0.4, -0.2) is 42.2 Å². The summed E-state index contributed by atoms with van der Waals surface area (Å²) in [4.78, 5) is 15.7. The highest BCUT2D eigenvalue weighted by Crippen LogP contribution is 2.05. The number of rotatable bonds is 6. The maximum Gasteiger partial charge on any atom is 0.314 e. The Kier molecular flexibility index (Phi) is 4.74. The molecule has 2 aromatic heterocycles. The Bertz CT molecular complexity index is 538. The molecule has 0 bridgehead atoms. The van der Waals surface area contributed by atoms with Crippen LogP contribution in [0.1, 0.15) is 5.82 Å². The smallest absolute Gasteiger partial charge is 0.314 e. The quantitative estimate of drug-likeness (QED) is 0.757. The molecule has 0 saturated carbocycles. The molecule has 0 aliphatic rings. The zero-order valence-electron chi connectivity index (χ0n) is 10.9. The summed E-state index contributed by atoms with van der Waals surface area (Å²) in [7, 11) is 1.60. The third-order valence-electron chi connectivity index (χ3n) is 2.74. The van der Waals surface area contributed by atoms with Crippen LogP contribution in [0.3, 0.4) is 0 Å². The number of imidazole rings is 1. The van der Waals surface area contributed by atoms with E-state index in [1.807, 2.05) is 35.0 Å². The van der Waals surface area contributed by atoms with E-state index in [0.717, 1.165) is 11.3 Å². The van der Waals surface area contributed by atoms with E-state index in [2.05, 4.69) is 15.6 Å². The van der Waals surface area contributed by atoms with Gasteiger partial charge in [0, 0.05) is 32.8 Å². The first kappa shape index (κ1) is 13.4. The Morgan fingerprint density at radius 2 is 2.21 bits per heavy atom. The molecule has 0 aliphatic carbocycles. The van der Waals surface area contributed by atoms with Gasteiger partial charge in [-0.1, -0.05) is 6.07 Å². The zero-order valence-corrected chi connectivity index (χ0v) is 10.9. The van der Waals surface area contributed by atoms with Crippen molar-refractivity contribution in [1.82, 2.24) is 20.0 Å². The highest BCUT2D eigenvalue weighted by molar-refractivity contribution is 5.73. The van der Waals surface area contributed by atoms with Crippen molar-refractivity contribution < 1.29 is 9.53 Å². The molecule has 102 valence electrons. The van der Waals surface area contributed by atoms with Crippen LogP contribution in [0, 0.1) is 0 Å². The number of aromatic nitrogens is 2. The molecule has 2 amide bonds. The first-order valence-electron chi connectivity index (χ1n) is 6.23. The van der Waals surface area contributed by atoms with Crippen molar-refractivity contribution in [3.63, 3.8) is 0 Å². The number of hydrogen-bond donors (Lipinski definition) is 2. The Balaban J connectivity index is 1.78. The van der Waals surface area contributed by atoms with Crippen LogP contribution in [0.4, 0.5) is 4.79 Å². The number of carbonyl (C=O) groups excluding carboxylic acids is 1. The molecule has 0 unspecified atom stereocenters. The molecular formula is C13H18N4O2. The second-order valence-electron chi connectivity index (χ2n) is 4.10. The Hall–Kier alpha value is -2.08. The lowest BCUT2D eigenvalue weighted by Crippen LogP contribution is -2.38. The lowest BCUT2D eigenvalue weighted by atomic mass is 10.4. The van der Waals surface area contributed by atoms with E-state index in [9.17, 15) is 4.79 Å². The van der Waals surface area contributed by atoms with Crippen LogP contribution < -0.4 is 10.6 Å². The van der Waals surface area contributed by atoms with Gasteiger partial charge in [-0.2, -0.15) is 0 Å². The number of urea groups is 1. The molecule has 0 saturated heterocycles. The summed E-state index contributed by atoms with van der Waals surface area (Å²) >= 11 is 0. The number of amides is 2. The number of fused-ring (bicyclic) bond motifs is 1. The van der Waals surface area contributed by atoms with Crippen LogP contribution in [-0.2, 0) is 11.2 Å². The Labute approximate surface area is 111 Å². The molecule has 6 heteroatoms. The summed E-state index contributed by atoms with van der Waals surface area (Å²) < 4.78 is 6.87. The van der Waals surface area contributed by atoms with Crippen molar-refractivity contribution in [2.75, 3.05) is 26.8 Å². The number of carbonyl (C=O) groups is 1. The fraction of sp³-hybridized carbons (Fsp3) is 0.385. The van der Waals surface area contributed by atoms with Crippen molar-refractivity contribution in [3.8, 4) is 0 Å². The monoisotopic (exact) mass is 262 g/mol. The van der Waals surface area contributed by atoms with Gasteiger partial charge in [-0.25, -0.2) is 9.78 Å².